The van der Waals surface area contributed by atoms with Crippen LogP contribution in [0.1, 0.15) is 76.6 Å². The molecule has 0 fully saturated rings. The highest BCUT2D eigenvalue weighted by Gasteiger charge is 2.21. The maximum atomic E-state index is 12.0. The number of hydrogen-bond acceptors (Lipinski definition) is 10. The van der Waals surface area contributed by atoms with E-state index < -0.39 is 0 Å². The van der Waals surface area contributed by atoms with Crippen molar-refractivity contribution in [3.05, 3.63) is 46.5 Å². The van der Waals surface area contributed by atoms with Crippen LogP contribution in [-0.4, -0.2) is 73.3 Å². The van der Waals surface area contributed by atoms with E-state index in [1.807, 2.05) is 38.1 Å². The lowest BCUT2D eigenvalue weighted by atomic mass is 9.85. The number of phenolic OH excluding ortho intramolecular Hbond substituents is 2. The highest BCUT2D eigenvalue weighted by Crippen LogP contribution is 2.38. The van der Waals surface area contributed by atoms with Gasteiger partial charge in [0.2, 0.25) is 0 Å². The Hall–Kier alpha value is -2.40. The molecule has 0 aliphatic heterocycles. The van der Waals surface area contributed by atoms with Gasteiger partial charge in [0.15, 0.2) is 0 Å². The normalized spacial score (nSPS) is 11.9. The molecule has 0 heterocycles. The Bertz CT molecular complexity index is 1140. The molecule has 44 heavy (non-hydrogen) atoms. The molecule has 2 aromatic rings. The highest BCUT2D eigenvalue weighted by molar-refractivity contribution is 7.99. The van der Waals surface area contributed by atoms with Crippen LogP contribution in [0, 0.1) is 13.8 Å². The SMILES string of the molecule is Cc1cc(SCCC(=O)OCCOCCOCCOC(=O)CCSc2cc(C)c(O)c(C(C)(C)C)c2)cc(C(C)(C)C)c1O. The fraction of sp³-hybridized carbons (Fsp3) is 0.588. The van der Waals surface area contributed by atoms with Gasteiger partial charge in [-0.15, -0.1) is 23.5 Å². The van der Waals surface area contributed by atoms with Gasteiger partial charge in [-0.3, -0.25) is 9.59 Å². The van der Waals surface area contributed by atoms with Crippen molar-refractivity contribution in [2.45, 2.75) is 88.9 Å². The molecule has 2 aromatic carbocycles. The molecule has 0 aromatic heterocycles. The number of rotatable bonds is 17. The number of esters is 2. The van der Waals surface area contributed by atoms with Gasteiger partial charge < -0.3 is 29.2 Å². The predicted octanol–water partition coefficient (Wildman–Crippen LogP) is 7.09. The third kappa shape index (κ3) is 13.3. The molecule has 10 heteroatoms. The van der Waals surface area contributed by atoms with Gasteiger partial charge in [-0.25, -0.2) is 0 Å². The Balaban J connectivity index is 1.48. The van der Waals surface area contributed by atoms with E-state index in [9.17, 15) is 19.8 Å². The van der Waals surface area contributed by atoms with Crippen molar-refractivity contribution in [2.75, 3.05) is 51.1 Å². The number of carbonyl (C=O) groups excluding carboxylic acids is 2. The summed E-state index contributed by atoms with van der Waals surface area (Å²) < 4.78 is 21.3. The second-order valence-electron chi connectivity index (χ2n) is 12.6. The van der Waals surface area contributed by atoms with E-state index in [-0.39, 0.29) is 62.0 Å². The van der Waals surface area contributed by atoms with Gasteiger partial charge in [-0.1, -0.05) is 41.5 Å². The monoisotopic (exact) mass is 650 g/mol. The molecule has 0 atom stereocenters. The fourth-order valence-corrected chi connectivity index (χ4v) is 6.13. The highest BCUT2D eigenvalue weighted by atomic mass is 32.2. The summed E-state index contributed by atoms with van der Waals surface area (Å²) in [5.74, 6) is 1.26. The molecule has 0 radical (unpaired) electrons. The van der Waals surface area contributed by atoms with Crippen LogP contribution in [0.25, 0.3) is 0 Å². The molecule has 0 spiro atoms. The van der Waals surface area contributed by atoms with Gasteiger partial charge in [0.05, 0.1) is 39.3 Å². The van der Waals surface area contributed by atoms with Gasteiger partial charge in [0.25, 0.3) is 0 Å². The number of phenols is 2. The number of carbonyl (C=O) groups is 2. The molecule has 0 saturated carbocycles. The van der Waals surface area contributed by atoms with Crippen LogP contribution in [0.3, 0.4) is 0 Å². The zero-order valence-corrected chi connectivity index (χ0v) is 29.2. The maximum absolute atomic E-state index is 12.0. The minimum absolute atomic E-state index is 0.172. The van der Waals surface area contributed by atoms with Crippen LogP contribution in [0.15, 0.2) is 34.1 Å². The molecule has 0 unspecified atom stereocenters. The zero-order chi connectivity index (χ0) is 32.9. The average Bonchev–Trinajstić information content (AvgIpc) is 2.92. The van der Waals surface area contributed by atoms with E-state index in [1.165, 1.54) is 0 Å². The van der Waals surface area contributed by atoms with Gasteiger partial charge in [0, 0.05) is 32.4 Å². The minimum atomic E-state index is -0.281. The van der Waals surface area contributed by atoms with Crippen molar-refractivity contribution in [3.8, 4) is 11.5 Å². The van der Waals surface area contributed by atoms with E-state index in [4.69, 9.17) is 18.9 Å². The van der Waals surface area contributed by atoms with Crippen LogP contribution in [0.5, 0.6) is 11.5 Å². The smallest absolute Gasteiger partial charge is 0.306 e. The molecule has 0 bridgehead atoms. The molecule has 2 N–H and O–H groups in total. The maximum Gasteiger partial charge on any atom is 0.306 e. The standard InChI is InChI=1S/C34H50O8S2/c1-23-19-25(21-27(31(23)37)33(3,4)5)43-17-9-29(35)41-15-13-39-11-12-40-14-16-42-30(36)10-18-44-26-20-24(2)32(38)28(22-26)34(6,7)8/h19-22,37-38H,9-18H2,1-8H3. The molecule has 2 rings (SSSR count). The van der Waals surface area contributed by atoms with E-state index in [0.717, 1.165) is 32.0 Å². The summed E-state index contributed by atoms with van der Waals surface area (Å²) in [5, 5.41) is 20.7. The average molecular weight is 651 g/mol. The molecule has 246 valence electrons. The molecular weight excluding hydrogens is 601 g/mol. The Labute approximate surface area is 271 Å². The minimum Gasteiger partial charge on any atom is -0.507 e. The zero-order valence-electron chi connectivity index (χ0n) is 27.5. The Kier molecular flexibility index (Phi) is 15.4. The second-order valence-corrected chi connectivity index (χ2v) is 15.0. The summed E-state index contributed by atoms with van der Waals surface area (Å²) >= 11 is 3.13. The number of aromatic hydroxyl groups is 2. The third-order valence-corrected chi connectivity index (χ3v) is 8.62. The molecular formula is C34H50O8S2. The first-order valence-corrected chi connectivity index (χ1v) is 17.0. The van der Waals surface area contributed by atoms with Crippen LogP contribution in [0.4, 0.5) is 0 Å². The van der Waals surface area contributed by atoms with Gasteiger partial charge in [0.1, 0.15) is 24.7 Å². The van der Waals surface area contributed by atoms with Crippen molar-refractivity contribution < 1.29 is 38.7 Å². The molecule has 0 aliphatic rings. The molecule has 8 nitrogen and oxygen atoms in total. The topological polar surface area (TPSA) is 112 Å². The van der Waals surface area contributed by atoms with E-state index >= 15 is 0 Å². The first-order chi connectivity index (χ1) is 20.6. The predicted molar refractivity (Wildman–Crippen MR) is 177 cm³/mol. The largest absolute Gasteiger partial charge is 0.507 e. The van der Waals surface area contributed by atoms with Crippen molar-refractivity contribution in [2.24, 2.45) is 0 Å². The fourth-order valence-electron chi connectivity index (χ4n) is 4.20. The van der Waals surface area contributed by atoms with E-state index in [2.05, 4.69) is 41.5 Å². The lowest BCUT2D eigenvalue weighted by molar-refractivity contribution is -0.146. The summed E-state index contributed by atoms with van der Waals surface area (Å²) in [4.78, 5) is 26.1. The molecule has 0 amide bonds. The van der Waals surface area contributed by atoms with Crippen molar-refractivity contribution in [1.29, 1.82) is 0 Å². The van der Waals surface area contributed by atoms with E-state index in [1.54, 1.807) is 23.5 Å². The Morgan fingerprint density at radius 2 is 0.955 bits per heavy atom. The lowest BCUT2D eigenvalue weighted by Gasteiger charge is -2.22. The van der Waals surface area contributed by atoms with Crippen molar-refractivity contribution >= 4 is 35.5 Å². The molecule has 0 saturated heterocycles. The lowest BCUT2D eigenvalue weighted by Crippen LogP contribution is -2.15. The third-order valence-electron chi connectivity index (χ3n) is 6.67. The summed E-state index contributed by atoms with van der Waals surface area (Å²) in [7, 11) is 0. The Morgan fingerprint density at radius 3 is 1.30 bits per heavy atom. The van der Waals surface area contributed by atoms with Crippen LogP contribution < -0.4 is 0 Å². The van der Waals surface area contributed by atoms with Crippen LogP contribution >= 0.6 is 23.5 Å². The number of hydrogen-bond donors (Lipinski definition) is 2. The summed E-state index contributed by atoms with van der Waals surface area (Å²) in [6.07, 6.45) is 0.565. The first-order valence-electron chi connectivity index (χ1n) is 15.0. The number of benzene rings is 2. The van der Waals surface area contributed by atoms with E-state index in [0.29, 0.717) is 36.2 Å². The second kappa shape index (κ2) is 17.9. The van der Waals surface area contributed by atoms with Crippen LogP contribution in [-0.2, 0) is 39.4 Å². The Morgan fingerprint density at radius 1 is 0.614 bits per heavy atom. The summed E-state index contributed by atoms with van der Waals surface area (Å²) in [6, 6.07) is 7.84. The van der Waals surface area contributed by atoms with Gasteiger partial charge >= 0.3 is 11.9 Å². The number of ether oxygens (including phenoxy) is 4. The van der Waals surface area contributed by atoms with Crippen LogP contribution in [0.2, 0.25) is 0 Å². The van der Waals surface area contributed by atoms with Gasteiger partial charge in [-0.2, -0.15) is 0 Å². The summed E-state index contributed by atoms with van der Waals surface area (Å²) in [6.45, 7) is 17.7. The summed E-state index contributed by atoms with van der Waals surface area (Å²) in [5.41, 5.74) is 3.10. The van der Waals surface area contributed by atoms with Gasteiger partial charge in [-0.05, 0) is 60.1 Å². The van der Waals surface area contributed by atoms with Crippen molar-refractivity contribution in [3.63, 3.8) is 0 Å². The quantitative estimate of drug-likeness (QED) is 0.105. The molecule has 0 aliphatic carbocycles. The first kappa shape index (κ1) is 37.8. The van der Waals surface area contributed by atoms with Crippen molar-refractivity contribution in [1.82, 2.24) is 0 Å². The number of thioether (sulfide) groups is 2. The number of aryl methyl sites for hydroxylation is 2.